The van der Waals surface area contributed by atoms with Crippen LogP contribution in [0.2, 0.25) is 0 Å². The molecule has 2 N–H and O–H groups in total. The van der Waals surface area contributed by atoms with Crippen LogP contribution in [0.15, 0.2) is 34.6 Å². The lowest BCUT2D eigenvalue weighted by atomic mass is 10.1. The Labute approximate surface area is 206 Å². The maximum absolute atomic E-state index is 5.92. The Morgan fingerprint density at radius 1 is 1.32 bits per heavy atom. The van der Waals surface area contributed by atoms with Gasteiger partial charge in [-0.1, -0.05) is 0 Å². The summed E-state index contributed by atoms with van der Waals surface area (Å²) in [5.41, 5.74) is 2.27. The first kappa shape index (κ1) is 24.0. The van der Waals surface area contributed by atoms with Gasteiger partial charge in [0.25, 0.3) is 0 Å². The molecule has 2 aromatic rings. The summed E-state index contributed by atoms with van der Waals surface area (Å²) in [4.78, 5) is 7.32. The molecule has 3 heterocycles. The number of hydrogen-bond donors (Lipinski definition) is 2. The number of methoxy groups -OCH3 is 1. The van der Waals surface area contributed by atoms with E-state index >= 15 is 0 Å². The first-order chi connectivity index (χ1) is 14.7. The Kier molecular flexibility index (Phi) is 8.71. The molecule has 4 rings (SSSR count). The summed E-state index contributed by atoms with van der Waals surface area (Å²) in [6.45, 7) is 7.74. The zero-order valence-electron chi connectivity index (χ0n) is 18.5. The van der Waals surface area contributed by atoms with Crippen molar-refractivity contribution in [2.45, 2.75) is 51.8 Å². The van der Waals surface area contributed by atoms with Gasteiger partial charge in [0.1, 0.15) is 17.6 Å². The van der Waals surface area contributed by atoms with Gasteiger partial charge < -0.3 is 25.0 Å². The molecule has 0 saturated carbocycles. The second-order valence-corrected chi connectivity index (χ2v) is 8.88. The van der Waals surface area contributed by atoms with Crippen LogP contribution in [-0.4, -0.2) is 44.8 Å². The largest absolute Gasteiger partial charge is 0.496 e. The van der Waals surface area contributed by atoms with E-state index < -0.39 is 0 Å². The smallest absolute Gasteiger partial charge is 0.191 e. The Hall–Kier alpha value is -1.68. The number of thiophene rings is 1. The number of halogens is 1. The molecule has 2 aliphatic heterocycles. The van der Waals surface area contributed by atoms with Crippen LogP contribution in [0.4, 0.5) is 5.00 Å². The highest BCUT2D eigenvalue weighted by Gasteiger charge is 2.23. The van der Waals surface area contributed by atoms with Crippen LogP contribution in [0, 0.1) is 0 Å². The summed E-state index contributed by atoms with van der Waals surface area (Å²) in [6, 6.07) is 8.96. The van der Waals surface area contributed by atoms with E-state index in [0.717, 1.165) is 61.9 Å². The topological polar surface area (TPSA) is 58.1 Å². The number of ether oxygens (including phenoxy) is 2. The van der Waals surface area contributed by atoms with E-state index in [9.17, 15) is 0 Å². The van der Waals surface area contributed by atoms with E-state index in [4.69, 9.17) is 14.5 Å². The predicted molar refractivity (Wildman–Crippen MR) is 140 cm³/mol. The molecule has 0 radical (unpaired) electrons. The highest BCUT2D eigenvalue weighted by atomic mass is 127. The molecule has 1 fully saturated rings. The van der Waals surface area contributed by atoms with Crippen molar-refractivity contribution in [3.8, 4) is 11.5 Å². The van der Waals surface area contributed by atoms with Gasteiger partial charge in [-0.3, -0.25) is 0 Å². The fourth-order valence-electron chi connectivity index (χ4n) is 4.17. The number of anilines is 1. The van der Waals surface area contributed by atoms with Gasteiger partial charge in [0.2, 0.25) is 0 Å². The van der Waals surface area contributed by atoms with Gasteiger partial charge in [-0.05, 0) is 56.3 Å². The maximum Gasteiger partial charge on any atom is 0.191 e. The molecule has 0 spiro atoms. The molecule has 1 atom stereocenters. The van der Waals surface area contributed by atoms with Crippen molar-refractivity contribution >= 4 is 46.3 Å². The summed E-state index contributed by atoms with van der Waals surface area (Å²) < 4.78 is 11.5. The Morgan fingerprint density at radius 2 is 2.13 bits per heavy atom. The fraction of sp³-hybridized carbons (Fsp3) is 0.522. The quantitative estimate of drug-likeness (QED) is 0.314. The first-order valence-electron chi connectivity index (χ1n) is 10.9. The minimum Gasteiger partial charge on any atom is -0.496 e. The van der Waals surface area contributed by atoms with Gasteiger partial charge in [0, 0.05) is 43.2 Å². The molecule has 0 amide bonds. The van der Waals surface area contributed by atoms with E-state index in [0.29, 0.717) is 12.6 Å². The summed E-state index contributed by atoms with van der Waals surface area (Å²) >= 11 is 1.82. The van der Waals surface area contributed by atoms with Gasteiger partial charge in [-0.15, -0.1) is 35.3 Å². The van der Waals surface area contributed by atoms with Crippen molar-refractivity contribution < 1.29 is 9.47 Å². The third kappa shape index (κ3) is 5.97. The van der Waals surface area contributed by atoms with Crippen LogP contribution < -0.4 is 25.0 Å². The second kappa shape index (κ2) is 11.3. The highest BCUT2D eigenvalue weighted by Crippen LogP contribution is 2.35. The number of guanidine groups is 1. The molecule has 2 aliphatic rings. The van der Waals surface area contributed by atoms with Gasteiger partial charge in [-0.25, -0.2) is 4.99 Å². The summed E-state index contributed by atoms with van der Waals surface area (Å²) in [5.74, 6) is 2.71. The zero-order valence-corrected chi connectivity index (χ0v) is 21.7. The molecule has 6 nitrogen and oxygen atoms in total. The highest BCUT2D eigenvalue weighted by molar-refractivity contribution is 14.0. The fourth-order valence-corrected chi connectivity index (χ4v) is 4.95. The summed E-state index contributed by atoms with van der Waals surface area (Å²) in [6.07, 6.45) is 3.37. The number of nitrogens with one attached hydrogen (secondary N) is 2. The molecule has 0 bridgehead atoms. The third-order valence-corrected chi connectivity index (χ3v) is 6.63. The third-order valence-electron chi connectivity index (χ3n) is 5.70. The number of benzene rings is 1. The molecule has 1 aromatic carbocycles. The molecule has 1 saturated heterocycles. The summed E-state index contributed by atoms with van der Waals surface area (Å²) in [7, 11) is 1.72. The van der Waals surface area contributed by atoms with Crippen molar-refractivity contribution in [2.24, 2.45) is 4.99 Å². The number of nitrogens with zero attached hydrogens (tertiary/aromatic N) is 2. The minimum atomic E-state index is 0. The van der Waals surface area contributed by atoms with E-state index in [1.807, 2.05) is 11.3 Å². The lowest BCUT2D eigenvalue weighted by molar-refractivity contribution is 0.254. The molecule has 1 unspecified atom stereocenters. The van der Waals surface area contributed by atoms with Gasteiger partial charge in [-0.2, -0.15) is 0 Å². The van der Waals surface area contributed by atoms with Crippen molar-refractivity contribution in [1.82, 2.24) is 10.6 Å². The molecule has 0 aliphatic carbocycles. The van der Waals surface area contributed by atoms with Crippen LogP contribution in [0.25, 0.3) is 0 Å². The van der Waals surface area contributed by atoms with Gasteiger partial charge in [0.15, 0.2) is 5.96 Å². The SMILES string of the molecule is CCNC(=NCc1cc2c(cc1OC)CC(C)O2)NC1CCN(c2cccs2)CC1.I. The molecular formula is C23H33IN4O2S. The van der Waals surface area contributed by atoms with Crippen LogP contribution in [-0.2, 0) is 13.0 Å². The van der Waals surface area contributed by atoms with Crippen molar-refractivity contribution in [2.75, 3.05) is 31.6 Å². The van der Waals surface area contributed by atoms with E-state index in [-0.39, 0.29) is 30.1 Å². The number of piperidine rings is 1. The van der Waals surface area contributed by atoms with Gasteiger partial charge >= 0.3 is 0 Å². The monoisotopic (exact) mass is 556 g/mol. The van der Waals surface area contributed by atoms with Crippen LogP contribution >= 0.6 is 35.3 Å². The number of fused-ring (bicyclic) bond motifs is 1. The Morgan fingerprint density at radius 3 is 2.81 bits per heavy atom. The number of hydrogen-bond acceptors (Lipinski definition) is 5. The van der Waals surface area contributed by atoms with Gasteiger partial charge in [0.05, 0.1) is 18.7 Å². The molecular weight excluding hydrogens is 523 g/mol. The Balaban J connectivity index is 0.00000272. The molecule has 31 heavy (non-hydrogen) atoms. The van der Waals surface area contributed by atoms with Crippen molar-refractivity contribution in [3.63, 3.8) is 0 Å². The number of rotatable bonds is 6. The van der Waals surface area contributed by atoms with E-state index in [1.165, 1.54) is 10.6 Å². The average Bonchev–Trinajstić information content (AvgIpc) is 3.40. The first-order valence-corrected chi connectivity index (χ1v) is 11.7. The van der Waals surface area contributed by atoms with Crippen LogP contribution in [0.1, 0.15) is 37.8 Å². The van der Waals surface area contributed by atoms with Crippen LogP contribution in [0.3, 0.4) is 0 Å². The van der Waals surface area contributed by atoms with Crippen molar-refractivity contribution in [1.29, 1.82) is 0 Å². The number of aliphatic imine (C=N–C) groups is 1. The normalized spacial score (nSPS) is 18.7. The van der Waals surface area contributed by atoms with Crippen molar-refractivity contribution in [3.05, 3.63) is 40.8 Å². The molecule has 1 aromatic heterocycles. The van der Waals surface area contributed by atoms with E-state index in [1.54, 1.807) is 7.11 Å². The molecule has 8 heteroatoms. The zero-order chi connectivity index (χ0) is 20.9. The second-order valence-electron chi connectivity index (χ2n) is 7.96. The molecule has 170 valence electrons. The van der Waals surface area contributed by atoms with Crippen LogP contribution in [0.5, 0.6) is 11.5 Å². The lowest BCUT2D eigenvalue weighted by Gasteiger charge is -2.33. The maximum atomic E-state index is 5.92. The predicted octanol–water partition coefficient (Wildman–Crippen LogP) is 4.42. The minimum absolute atomic E-state index is 0. The standard InChI is InChI=1S/C23H32N4O2S.HI/c1-4-24-23(26-19-7-9-27(10-8-19)22-6-5-11-30-22)25-15-18-14-21-17(12-16(2)29-21)13-20(18)28-3;/h5-6,11,13-14,16,19H,4,7-10,12,15H2,1-3H3,(H2,24,25,26);1H. The Bertz CT molecular complexity index is 867. The lowest BCUT2D eigenvalue weighted by Crippen LogP contribution is -2.48. The summed E-state index contributed by atoms with van der Waals surface area (Å²) in [5, 5.41) is 10.5. The van der Waals surface area contributed by atoms with E-state index in [2.05, 4.69) is 59.0 Å². The average molecular weight is 557 g/mol.